The van der Waals surface area contributed by atoms with Crippen molar-refractivity contribution in [1.82, 2.24) is 4.98 Å². The zero-order chi connectivity index (χ0) is 10.7. The molecule has 0 saturated carbocycles. The highest BCUT2D eigenvalue weighted by Gasteiger charge is 2.14. The van der Waals surface area contributed by atoms with Gasteiger partial charge in [-0.15, -0.1) is 0 Å². The summed E-state index contributed by atoms with van der Waals surface area (Å²) in [5.41, 5.74) is 2.14. The van der Waals surface area contributed by atoms with Crippen LogP contribution in [0.25, 0.3) is 0 Å². The summed E-state index contributed by atoms with van der Waals surface area (Å²) in [5, 5.41) is 27.8. The highest BCUT2D eigenvalue weighted by atomic mass is 16.3. The molecular formula is C10H15NO3. The van der Waals surface area contributed by atoms with Crippen molar-refractivity contribution in [3.05, 3.63) is 22.5 Å². The molecule has 4 nitrogen and oxygen atoms in total. The smallest absolute Gasteiger partial charge is 0.142 e. The number of aliphatic hydroxyl groups is 2. The van der Waals surface area contributed by atoms with E-state index in [1.807, 2.05) is 6.92 Å². The van der Waals surface area contributed by atoms with Gasteiger partial charge < -0.3 is 15.3 Å². The van der Waals surface area contributed by atoms with Crippen molar-refractivity contribution in [2.75, 3.05) is 0 Å². The predicted molar refractivity (Wildman–Crippen MR) is 51.9 cm³/mol. The molecule has 0 aliphatic carbocycles. The second-order valence-electron chi connectivity index (χ2n) is 3.12. The first-order valence-electron chi connectivity index (χ1n) is 4.57. The summed E-state index contributed by atoms with van der Waals surface area (Å²) in [6, 6.07) is 0. The van der Waals surface area contributed by atoms with Gasteiger partial charge in [-0.2, -0.15) is 0 Å². The van der Waals surface area contributed by atoms with Crippen molar-refractivity contribution in [2.45, 2.75) is 33.5 Å². The number of hydrogen-bond donors (Lipinski definition) is 3. The lowest BCUT2D eigenvalue weighted by Gasteiger charge is -2.13. The zero-order valence-corrected chi connectivity index (χ0v) is 8.41. The molecule has 0 spiro atoms. The third-order valence-electron chi connectivity index (χ3n) is 2.29. The van der Waals surface area contributed by atoms with Crippen LogP contribution in [-0.2, 0) is 19.6 Å². The molecule has 0 fully saturated rings. The van der Waals surface area contributed by atoms with Gasteiger partial charge >= 0.3 is 0 Å². The standard InChI is InChI=1S/C10H15NO3/c1-3-9-7(4-12)8(5-13)10(14)6(2)11-9/h12-14H,3-5H2,1-2H3. The molecule has 0 atom stereocenters. The van der Waals surface area contributed by atoms with Crippen molar-refractivity contribution in [1.29, 1.82) is 0 Å². The Hall–Kier alpha value is -1.13. The second-order valence-corrected chi connectivity index (χ2v) is 3.12. The summed E-state index contributed by atoms with van der Waals surface area (Å²) in [7, 11) is 0. The van der Waals surface area contributed by atoms with E-state index < -0.39 is 0 Å². The van der Waals surface area contributed by atoms with Crippen molar-refractivity contribution >= 4 is 0 Å². The fourth-order valence-corrected chi connectivity index (χ4v) is 1.51. The Bertz CT molecular complexity index is 337. The Kier molecular flexibility index (Phi) is 3.43. The Labute approximate surface area is 82.9 Å². The van der Waals surface area contributed by atoms with E-state index in [1.165, 1.54) is 0 Å². The lowest BCUT2D eigenvalue weighted by Crippen LogP contribution is -2.05. The van der Waals surface area contributed by atoms with Crippen LogP contribution < -0.4 is 0 Å². The number of hydrogen-bond acceptors (Lipinski definition) is 4. The van der Waals surface area contributed by atoms with E-state index in [4.69, 9.17) is 10.2 Å². The van der Waals surface area contributed by atoms with Crippen molar-refractivity contribution in [3.8, 4) is 5.75 Å². The number of aromatic hydroxyl groups is 1. The predicted octanol–water partition coefficient (Wildman–Crippen LogP) is 0.643. The molecule has 1 aromatic rings. The summed E-state index contributed by atoms with van der Waals surface area (Å²) in [4.78, 5) is 4.15. The van der Waals surface area contributed by atoms with Gasteiger partial charge in [0.2, 0.25) is 0 Å². The van der Waals surface area contributed by atoms with E-state index >= 15 is 0 Å². The highest BCUT2D eigenvalue weighted by Crippen LogP contribution is 2.26. The molecule has 3 N–H and O–H groups in total. The number of aliphatic hydroxyl groups excluding tert-OH is 2. The molecule has 78 valence electrons. The minimum Gasteiger partial charge on any atom is -0.506 e. The Morgan fingerprint density at radius 3 is 2.14 bits per heavy atom. The fourth-order valence-electron chi connectivity index (χ4n) is 1.51. The molecule has 1 rings (SSSR count). The average Bonchev–Trinajstić information content (AvgIpc) is 2.20. The summed E-state index contributed by atoms with van der Waals surface area (Å²) in [5.74, 6) is -0.0197. The monoisotopic (exact) mass is 197 g/mol. The van der Waals surface area contributed by atoms with Gasteiger partial charge in [-0.05, 0) is 13.3 Å². The third-order valence-corrected chi connectivity index (χ3v) is 2.29. The van der Waals surface area contributed by atoms with Crippen molar-refractivity contribution in [3.63, 3.8) is 0 Å². The van der Waals surface area contributed by atoms with E-state index in [-0.39, 0.29) is 19.0 Å². The van der Waals surface area contributed by atoms with Gasteiger partial charge in [0.25, 0.3) is 0 Å². The van der Waals surface area contributed by atoms with Gasteiger partial charge in [-0.25, -0.2) is 0 Å². The summed E-state index contributed by atoms with van der Waals surface area (Å²) >= 11 is 0. The maximum atomic E-state index is 9.60. The summed E-state index contributed by atoms with van der Waals surface area (Å²) < 4.78 is 0. The minimum absolute atomic E-state index is 0.0197. The Balaban J connectivity index is 3.42. The molecule has 0 saturated heterocycles. The van der Waals surface area contributed by atoms with Crippen LogP contribution in [0.5, 0.6) is 5.75 Å². The second kappa shape index (κ2) is 4.39. The summed E-state index contributed by atoms with van der Waals surface area (Å²) in [6.07, 6.45) is 0.671. The summed E-state index contributed by atoms with van der Waals surface area (Å²) in [6.45, 7) is 3.10. The Morgan fingerprint density at radius 1 is 1.14 bits per heavy atom. The normalized spacial score (nSPS) is 10.6. The molecule has 0 unspecified atom stereocenters. The van der Waals surface area contributed by atoms with E-state index in [0.717, 1.165) is 5.69 Å². The number of rotatable bonds is 3. The molecule has 0 aliphatic heterocycles. The van der Waals surface area contributed by atoms with Crippen LogP contribution in [0.15, 0.2) is 0 Å². The molecule has 1 heterocycles. The molecular weight excluding hydrogens is 182 g/mol. The number of nitrogens with zero attached hydrogens (tertiary/aromatic N) is 1. The van der Waals surface area contributed by atoms with Crippen LogP contribution in [0.2, 0.25) is 0 Å². The van der Waals surface area contributed by atoms with Gasteiger partial charge in [-0.3, -0.25) is 4.98 Å². The van der Waals surface area contributed by atoms with Crippen LogP contribution in [0.1, 0.15) is 29.4 Å². The number of aryl methyl sites for hydroxylation is 2. The zero-order valence-electron chi connectivity index (χ0n) is 8.41. The van der Waals surface area contributed by atoms with Gasteiger partial charge in [0.05, 0.1) is 18.9 Å². The van der Waals surface area contributed by atoms with Crippen LogP contribution in [0.3, 0.4) is 0 Å². The Morgan fingerprint density at radius 2 is 1.71 bits per heavy atom. The molecule has 0 aliphatic rings. The average molecular weight is 197 g/mol. The third kappa shape index (κ3) is 1.71. The van der Waals surface area contributed by atoms with Crippen LogP contribution in [-0.4, -0.2) is 20.3 Å². The largest absolute Gasteiger partial charge is 0.506 e. The first-order chi connectivity index (χ1) is 6.65. The van der Waals surface area contributed by atoms with Crippen molar-refractivity contribution < 1.29 is 15.3 Å². The van der Waals surface area contributed by atoms with Crippen LogP contribution >= 0.6 is 0 Å². The maximum absolute atomic E-state index is 9.60. The number of aromatic nitrogens is 1. The van der Waals surface area contributed by atoms with Gasteiger partial charge in [0, 0.05) is 16.8 Å². The van der Waals surface area contributed by atoms with E-state index in [1.54, 1.807) is 6.92 Å². The van der Waals surface area contributed by atoms with Crippen LogP contribution in [0, 0.1) is 6.92 Å². The van der Waals surface area contributed by atoms with Crippen molar-refractivity contribution in [2.24, 2.45) is 0 Å². The highest BCUT2D eigenvalue weighted by molar-refractivity contribution is 5.43. The minimum atomic E-state index is -0.280. The number of pyridine rings is 1. The van der Waals surface area contributed by atoms with E-state index in [0.29, 0.717) is 23.2 Å². The van der Waals surface area contributed by atoms with Gasteiger partial charge in [0.15, 0.2) is 0 Å². The van der Waals surface area contributed by atoms with E-state index in [2.05, 4.69) is 4.98 Å². The van der Waals surface area contributed by atoms with E-state index in [9.17, 15) is 5.11 Å². The SMILES string of the molecule is CCc1nc(C)c(O)c(CO)c1CO. The maximum Gasteiger partial charge on any atom is 0.142 e. The molecule has 14 heavy (non-hydrogen) atoms. The lowest BCUT2D eigenvalue weighted by atomic mass is 10.0. The molecule has 0 radical (unpaired) electrons. The van der Waals surface area contributed by atoms with Gasteiger partial charge in [0.1, 0.15) is 5.75 Å². The quantitative estimate of drug-likeness (QED) is 0.665. The van der Waals surface area contributed by atoms with Crippen LogP contribution in [0.4, 0.5) is 0 Å². The molecule has 0 bridgehead atoms. The first-order valence-corrected chi connectivity index (χ1v) is 4.57. The topological polar surface area (TPSA) is 73.6 Å². The molecule has 0 aromatic carbocycles. The molecule has 0 amide bonds. The lowest BCUT2D eigenvalue weighted by molar-refractivity contribution is 0.253. The fraction of sp³-hybridized carbons (Fsp3) is 0.500. The molecule has 4 heteroatoms. The first kappa shape index (κ1) is 10.9. The molecule has 1 aromatic heterocycles. The van der Waals surface area contributed by atoms with Gasteiger partial charge in [-0.1, -0.05) is 6.92 Å².